The third-order valence-corrected chi connectivity index (χ3v) is 5.10. The molecule has 1 aliphatic heterocycles. The van der Waals surface area contributed by atoms with E-state index >= 15 is 0 Å². The highest BCUT2D eigenvalue weighted by Gasteiger charge is 2.31. The van der Waals surface area contributed by atoms with Gasteiger partial charge in [-0.25, -0.2) is 8.42 Å². The smallest absolute Gasteiger partial charge is 0.211 e. The van der Waals surface area contributed by atoms with Gasteiger partial charge in [-0.1, -0.05) is 0 Å². The van der Waals surface area contributed by atoms with Crippen LogP contribution in [0.5, 0.6) is 0 Å². The minimum absolute atomic E-state index is 0. The Balaban J connectivity index is 0.00000484. The summed E-state index contributed by atoms with van der Waals surface area (Å²) in [6.07, 6.45) is 3.05. The van der Waals surface area contributed by atoms with Crippen molar-refractivity contribution in [2.75, 3.05) is 39.5 Å². The van der Waals surface area contributed by atoms with E-state index in [1.807, 2.05) is 20.8 Å². The number of hydrogen-bond donors (Lipinski definition) is 2. The van der Waals surface area contributed by atoms with Crippen molar-refractivity contribution in [1.29, 1.82) is 0 Å². The highest BCUT2D eigenvalue weighted by molar-refractivity contribution is 14.0. The molecule has 138 valence electrons. The molecule has 1 aliphatic rings. The lowest BCUT2D eigenvalue weighted by Gasteiger charge is -2.24. The lowest BCUT2D eigenvalue weighted by molar-refractivity contribution is 0.0310. The molecule has 1 saturated heterocycles. The zero-order valence-corrected chi connectivity index (χ0v) is 17.9. The molecule has 0 unspecified atom stereocenters. The molecule has 0 aliphatic carbocycles. The van der Waals surface area contributed by atoms with Crippen molar-refractivity contribution >= 4 is 40.0 Å². The average Bonchev–Trinajstić information content (AvgIpc) is 2.90. The summed E-state index contributed by atoms with van der Waals surface area (Å²) in [5.41, 5.74) is -0.325. The van der Waals surface area contributed by atoms with Crippen LogP contribution in [0.4, 0.5) is 0 Å². The molecule has 0 amide bonds. The number of nitrogens with one attached hydrogen (secondary N) is 2. The fourth-order valence-electron chi connectivity index (χ4n) is 2.34. The van der Waals surface area contributed by atoms with E-state index in [9.17, 15) is 8.42 Å². The Morgan fingerprint density at radius 3 is 2.57 bits per heavy atom. The first-order chi connectivity index (χ1) is 10.2. The van der Waals surface area contributed by atoms with Crippen LogP contribution in [0.15, 0.2) is 4.99 Å². The molecule has 1 rings (SSSR count). The van der Waals surface area contributed by atoms with Gasteiger partial charge < -0.3 is 15.4 Å². The molecule has 1 fully saturated rings. The van der Waals surface area contributed by atoms with Gasteiger partial charge >= 0.3 is 0 Å². The van der Waals surface area contributed by atoms with Crippen molar-refractivity contribution in [2.24, 2.45) is 4.99 Å². The highest BCUT2D eigenvalue weighted by Crippen LogP contribution is 2.19. The largest absolute Gasteiger partial charge is 0.377 e. The summed E-state index contributed by atoms with van der Waals surface area (Å²) in [4.78, 5) is 4.51. The van der Waals surface area contributed by atoms with Crippen LogP contribution in [0.1, 0.15) is 33.6 Å². The Labute approximate surface area is 157 Å². The Hall–Kier alpha value is -0.130. The van der Waals surface area contributed by atoms with E-state index in [0.717, 1.165) is 19.4 Å². The molecular weight excluding hydrogens is 431 g/mol. The third-order valence-electron chi connectivity index (χ3n) is 3.77. The van der Waals surface area contributed by atoms with Crippen molar-refractivity contribution in [1.82, 2.24) is 14.9 Å². The van der Waals surface area contributed by atoms with E-state index in [1.165, 1.54) is 6.26 Å². The van der Waals surface area contributed by atoms with Gasteiger partial charge in [0.05, 0.1) is 18.4 Å². The third kappa shape index (κ3) is 7.99. The molecular formula is C14H31IN4O3S. The van der Waals surface area contributed by atoms with Gasteiger partial charge in [-0.15, -0.1) is 24.0 Å². The molecule has 0 aromatic rings. The van der Waals surface area contributed by atoms with Gasteiger partial charge in [0.15, 0.2) is 5.96 Å². The highest BCUT2D eigenvalue weighted by atomic mass is 127. The summed E-state index contributed by atoms with van der Waals surface area (Å²) >= 11 is 0. The second kappa shape index (κ2) is 10.00. The van der Waals surface area contributed by atoms with E-state index in [-0.39, 0.29) is 35.6 Å². The minimum atomic E-state index is -3.14. The van der Waals surface area contributed by atoms with Crippen LogP contribution in [-0.4, -0.2) is 69.9 Å². The Kier molecular flexibility index (Phi) is 9.94. The maximum Gasteiger partial charge on any atom is 0.211 e. The Morgan fingerprint density at radius 2 is 2.04 bits per heavy atom. The zero-order valence-electron chi connectivity index (χ0n) is 14.8. The molecule has 0 radical (unpaired) electrons. The van der Waals surface area contributed by atoms with E-state index in [0.29, 0.717) is 25.6 Å². The predicted octanol–water partition coefficient (Wildman–Crippen LogP) is 1.01. The Bertz CT molecular complexity index is 482. The van der Waals surface area contributed by atoms with Gasteiger partial charge in [0, 0.05) is 32.8 Å². The summed E-state index contributed by atoms with van der Waals surface area (Å²) in [6, 6.07) is -0.00529. The summed E-state index contributed by atoms with van der Waals surface area (Å²) in [5.74, 6) is 0.688. The first-order valence-corrected chi connectivity index (χ1v) is 9.58. The van der Waals surface area contributed by atoms with Gasteiger partial charge in [0.25, 0.3) is 0 Å². The molecule has 2 N–H and O–H groups in total. The first-order valence-electron chi connectivity index (χ1n) is 7.74. The zero-order chi connectivity index (χ0) is 16.8. The van der Waals surface area contributed by atoms with Gasteiger partial charge in [-0.2, -0.15) is 4.31 Å². The SMILES string of the molecule is CCNC(=NCC(C)(C)OC)NC[C@H]1CCCN1S(C)(=O)=O.I. The second-order valence-electron chi connectivity index (χ2n) is 6.21. The topological polar surface area (TPSA) is 83.0 Å². The van der Waals surface area contributed by atoms with Crippen molar-refractivity contribution < 1.29 is 13.2 Å². The fraction of sp³-hybridized carbons (Fsp3) is 0.929. The molecule has 1 atom stereocenters. The minimum Gasteiger partial charge on any atom is -0.377 e. The maximum absolute atomic E-state index is 11.7. The van der Waals surface area contributed by atoms with Gasteiger partial charge in [-0.3, -0.25) is 4.99 Å². The number of aliphatic imine (C=N–C) groups is 1. The van der Waals surface area contributed by atoms with Crippen molar-refractivity contribution in [3.8, 4) is 0 Å². The van der Waals surface area contributed by atoms with Crippen molar-refractivity contribution in [3.05, 3.63) is 0 Å². The predicted molar refractivity (Wildman–Crippen MR) is 105 cm³/mol. The number of halogens is 1. The number of ether oxygens (including phenoxy) is 1. The number of guanidine groups is 1. The van der Waals surface area contributed by atoms with E-state index in [4.69, 9.17) is 4.74 Å². The van der Waals surface area contributed by atoms with Crippen LogP contribution >= 0.6 is 24.0 Å². The first kappa shape index (κ1) is 22.9. The molecule has 0 bridgehead atoms. The van der Waals surface area contributed by atoms with Gasteiger partial charge in [0.2, 0.25) is 10.0 Å². The monoisotopic (exact) mass is 462 g/mol. The second-order valence-corrected chi connectivity index (χ2v) is 8.14. The van der Waals surface area contributed by atoms with Crippen molar-refractivity contribution in [2.45, 2.75) is 45.3 Å². The quantitative estimate of drug-likeness (QED) is 0.335. The fourth-order valence-corrected chi connectivity index (χ4v) is 3.52. The van der Waals surface area contributed by atoms with Crippen LogP contribution < -0.4 is 10.6 Å². The summed E-state index contributed by atoms with van der Waals surface area (Å²) in [7, 11) is -1.47. The molecule has 0 aromatic carbocycles. The normalized spacial score (nSPS) is 20.2. The number of sulfonamides is 1. The molecule has 1 heterocycles. The van der Waals surface area contributed by atoms with E-state index in [1.54, 1.807) is 11.4 Å². The summed E-state index contributed by atoms with van der Waals surface area (Å²) in [5, 5.41) is 6.41. The van der Waals surface area contributed by atoms with E-state index in [2.05, 4.69) is 15.6 Å². The maximum atomic E-state index is 11.7. The van der Waals surface area contributed by atoms with Crippen molar-refractivity contribution in [3.63, 3.8) is 0 Å². The molecule has 7 nitrogen and oxygen atoms in total. The van der Waals surface area contributed by atoms with Gasteiger partial charge in [-0.05, 0) is 33.6 Å². The Morgan fingerprint density at radius 1 is 1.39 bits per heavy atom. The number of nitrogens with zero attached hydrogens (tertiary/aromatic N) is 2. The van der Waals surface area contributed by atoms with Crippen LogP contribution in [0.3, 0.4) is 0 Å². The van der Waals surface area contributed by atoms with E-state index < -0.39 is 10.0 Å². The van der Waals surface area contributed by atoms with Crippen LogP contribution in [-0.2, 0) is 14.8 Å². The van der Waals surface area contributed by atoms with Crippen LogP contribution in [0, 0.1) is 0 Å². The summed E-state index contributed by atoms with van der Waals surface area (Å²) < 4.78 is 30.4. The summed E-state index contributed by atoms with van der Waals surface area (Å²) in [6.45, 7) is 8.39. The van der Waals surface area contributed by atoms with Crippen LogP contribution in [0.2, 0.25) is 0 Å². The standard InChI is InChI=1S/C14H30N4O3S.HI/c1-6-15-13(17-11-14(2,3)21-4)16-10-12-8-7-9-18(12)22(5,19)20;/h12H,6-11H2,1-5H3,(H2,15,16,17);1H/t12-;/m1./s1. The molecule has 9 heteroatoms. The lowest BCUT2D eigenvalue weighted by atomic mass is 10.1. The average molecular weight is 462 g/mol. The molecule has 0 saturated carbocycles. The lowest BCUT2D eigenvalue weighted by Crippen LogP contribution is -2.46. The molecule has 0 spiro atoms. The molecule has 0 aromatic heterocycles. The number of methoxy groups -OCH3 is 1. The molecule has 23 heavy (non-hydrogen) atoms. The number of rotatable bonds is 7. The van der Waals surface area contributed by atoms with Gasteiger partial charge in [0.1, 0.15) is 0 Å². The van der Waals surface area contributed by atoms with Crippen LogP contribution in [0.25, 0.3) is 0 Å². The number of hydrogen-bond acceptors (Lipinski definition) is 4.